The van der Waals surface area contributed by atoms with Crippen LogP contribution >= 0.6 is 22.9 Å². The van der Waals surface area contributed by atoms with E-state index < -0.39 is 34.6 Å². The molecule has 1 saturated carbocycles. The maximum Gasteiger partial charge on any atom is 0.341 e. The molecule has 2 heterocycles. The first-order valence-corrected chi connectivity index (χ1v) is 10.9. The first-order valence-electron chi connectivity index (χ1n) is 9.69. The van der Waals surface area contributed by atoms with Gasteiger partial charge in [0.25, 0.3) is 0 Å². The van der Waals surface area contributed by atoms with E-state index in [1.807, 2.05) is 0 Å². The van der Waals surface area contributed by atoms with E-state index in [0.29, 0.717) is 11.3 Å². The van der Waals surface area contributed by atoms with Gasteiger partial charge in [0.15, 0.2) is 5.82 Å². The average Bonchev–Trinajstić information content (AvgIpc) is 3.45. The standard InChI is InChI=1S/C21H18ClFN2O4S/c22-16-14(13-6-9-11(26)2-1-3-12(9)30-13)17(23)18(24)15-19(16)25(8-4-5-8)7-10(20(15)27)21(28)29/h6-8,11,26H,1-5,24H2,(H,28,29). The molecule has 5 rings (SSSR count). The third-order valence-corrected chi connectivity index (χ3v) is 7.48. The Bertz CT molecular complexity index is 1290. The number of nitrogens with two attached hydrogens (primary N) is 1. The minimum absolute atomic E-state index is 0.0141. The van der Waals surface area contributed by atoms with Crippen LogP contribution in [0.1, 0.15) is 58.6 Å². The summed E-state index contributed by atoms with van der Waals surface area (Å²) in [7, 11) is 0. The summed E-state index contributed by atoms with van der Waals surface area (Å²) in [5, 5.41) is 19.5. The van der Waals surface area contributed by atoms with Crippen molar-refractivity contribution >= 4 is 45.5 Å². The number of carboxylic acid groups (broad SMARTS) is 1. The molecule has 1 aromatic carbocycles. The zero-order valence-corrected chi connectivity index (χ0v) is 17.3. The number of aliphatic hydroxyl groups excluding tert-OH is 1. The lowest BCUT2D eigenvalue weighted by Crippen LogP contribution is -2.20. The average molecular weight is 449 g/mol. The molecule has 0 saturated heterocycles. The van der Waals surface area contributed by atoms with Gasteiger partial charge in [0, 0.05) is 22.0 Å². The normalized spacial score (nSPS) is 18.6. The summed E-state index contributed by atoms with van der Waals surface area (Å²) in [6.45, 7) is 0. The van der Waals surface area contributed by atoms with Gasteiger partial charge in [0.05, 0.1) is 33.3 Å². The molecule has 1 fully saturated rings. The molecule has 156 valence electrons. The quantitative estimate of drug-likeness (QED) is 0.511. The van der Waals surface area contributed by atoms with Crippen molar-refractivity contribution in [2.75, 3.05) is 5.73 Å². The van der Waals surface area contributed by atoms with Crippen LogP contribution in [0.2, 0.25) is 5.02 Å². The fraction of sp³-hybridized carbons (Fsp3) is 0.333. The van der Waals surface area contributed by atoms with Gasteiger partial charge in [-0.2, -0.15) is 0 Å². The number of aromatic nitrogens is 1. The van der Waals surface area contributed by atoms with E-state index in [9.17, 15) is 19.8 Å². The number of halogens is 2. The monoisotopic (exact) mass is 448 g/mol. The van der Waals surface area contributed by atoms with Crippen LogP contribution in [0.4, 0.5) is 10.1 Å². The van der Waals surface area contributed by atoms with Gasteiger partial charge in [-0.3, -0.25) is 4.79 Å². The summed E-state index contributed by atoms with van der Waals surface area (Å²) in [6, 6.07) is 1.73. The summed E-state index contributed by atoms with van der Waals surface area (Å²) in [4.78, 5) is 25.9. The second-order valence-corrected chi connectivity index (χ2v) is 9.37. The molecule has 2 aromatic heterocycles. The molecule has 9 heteroatoms. The summed E-state index contributed by atoms with van der Waals surface area (Å²) in [5.41, 5.74) is 5.46. The molecule has 0 aliphatic heterocycles. The number of rotatable bonds is 3. The largest absolute Gasteiger partial charge is 0.477 e. The Hall–Kier alpha value is -2.42. The van der Waals surface area contributed by atoms with Crippen LogP contribution in [0.15, 0.2) is 17.1 Å². The topological polar surface area (TPSA) is 106 Å². The maximum atomic E-state index is 15.4. The van der Waals surface area contributed by atoms with E-state index in [2.05, 4.69) is 0 Å². The first kappa shape index (κ1) is 19.5. The molecule has 2 aliphatic carbocycles. The van der Waals surface area contributed by atoms with Crippen LogP contribution in [0.25, 0.3) is 21.3 Å². The Morgan fingerprint density at radius 2 is 2.07 bits per heavy atom. The Morgan fingerprint density at radius 3 is 2.70 bits per heavy atom. The predicted molar refractivity (Wildman–Crippen MR) is 114 cm³/mol. The molecule has 6 nitrogen and oxygen atoms in total. The van der Waals surface area contributed by atoms with Crippen molar-refractivity contribution in [3.05, 3.63) is 49.3 Å². The van der Waals surface area contributed by atoms with Crippen molar-refractivity contribution in [3.8, 4) is 10.4 Å². The van der Waals surface area contributed by atoms with Gasteiger partial charge in [-0.05, 0) is 43.7 Å². The van der Waals surface area contributed by atoms with Crippen LogP contribution in [0, 0.1) is 5.82 Å². The molecule has 0 amide bonds. The fourth-order valence-corrected chi connectivity index (χ4v) is 5.97. The molecule has 1 atom stereocenters. The smallest absolute Gasteiger partial charge is 0.341 e. The first-order chi connectivity index (χ1) is 14.3. The van der Waals surface area contributed by atoms with Gasteiger partial charge >= 0.3 is 5.97 Å². The lowest BCUT2D eigenvalue weighted by molar-refractivity contribution is 0.0695. The van der Waals surface area contributed by atoms with Gasteiger partial charge < -0.3 is 20.5 Å². The number of fused-ring (bicyclic) bond motifs is 2. The Kier molecular flexibility index (Phi) is 4.43. The van der Waals surface area contributed by atoms with Crippen LogP contribution in [-0.2, 0) is 6.42 Å². The number of aromatic carboxylic acids is 1. The highest BCUT2D eigenvalue weighted by atomic mass is 35.5. The lowest BCUT2D eigenvalue weighted by atomic mass is 9.95. The van der Waals surface area contributed by atoms with Crippen molar-refractivity contribution in [1.29, 1.82) is 0 Å². The summed E-state index contributed by atoms with van der Waals surface area (Å²) < 4.78 is 17.1. The second kappa shape index (κ2) is 6.80. The van der Waals surface area contributed by atoms with Crippen molar-refractivity contribution in [2.24, 2.45) is 0 Å². The molecule has 0 radical (unpaired) electrons. The number of aryl methyl sites for hydroxylation is 1. The van der Waals surface area contributed by atoms with Crippen molar-refractivity contribution in [2.45, 2.75) is 44.2 Å². The number of anilines is 1. The molecular formula is C21H18ClFN2O4S. The van der Waals surface area contributed by atoms with Crippen molar-refractivity contribution < 1.29 is 19.4 Å². The second-order valence-electron chi connectivity index (χ2n) is 7.85. The molecule has 4 N–H and O–H groups in total. The van der Waals surface area contributed by atoms with Crippen LogP contribution < -0.4 is 11.2 Å². The van der Waals surface area contributed by atoms with Crippen molar-refractivity contribution in [1.82, 2.24) is 4.57 Å². The van der Waals surface area contributed by atoms with Crippen molar-refractivity contribution in [3.63, 3.8) is 0 Å². The number of nitrogens with zero attached hydrogens (tertiary/aromatic N) is 1. The van der Waals surface area contributed by atoms with Gasteiger partial charge in [-0.25, -0.2) is 9.18 Å². The highest BCUT2D eigenvalue weighted by Gasteiger charge is 2.32. The third kappa shape index (κ3) is 2.78. The Labute approximate surface area is 179 Å². The SMILES string of the molecule is Nc1c(F)c(-c2cc3c(s2)CCCC3O)c(Cl)c2c1c(=O)c(C(=O)O)cn2C1CC1. The van der Waals surface area contributed by atoms with Crippen LogP contribution in [-0.4, -0.2) is 20.7 Å². The highest BCUT2D eigenvalue weighted by molar-refractivity contribution is 7.15. The Balaban J connectivity index is 1.86. The maximum absolute atomic E-state index is 15.4. The number of hydrogen-bond donors (Lipinski definition) is 3. The molecule has 3 aromatic rings. The number of benzene rings is 1. The molecule has 2 aliphatic rings. The van der Waals surface area contributed by atoms with Gasteiger partial charge in [-0.15, -0.1) is 11.3 Å². The van der Waals surface area contributed by atoms with E-state index in [-0.39, 0.29) is 27.5 Å². The number of pyridine rings is 1. The Morgan fingerprint density at radius 1 is 1.33 bits per heavy atom. The number of aliphatic hydroxyl groups is 1. The van der Waals surface area contributed by atoms with Gasteiger partial charge in [-0.1, -0.05) is 11.6 Å². The predicted octanol–water partition coefficient (Wildman–Crippen LogP) is 4.51. The van der Waals surface area contributed by atoms with E-state index in [0.717, 1.165) is 36.1 Å². The zero-order chi connectivity index (χ0) is 21.3. The minimum Gasteiger partial charge on any atom is -0.477 e. The van der Waals surface area contributed by atoms with Crippen LogP contribution in [0.5, 0.6) is 0 Å². The van der Waals surface area contributed by atoms with E-state index in [1.54, 1.807) is 10.6 Å². The van der Waals surface area contributed by atoms with Gasteiger partial charge in [0.2, 0.25) is 5.43 Å². The van der Waals surface area contributed by atoms with E-state index in [1.165, 1.54) is 17.5 Å². The van der Waals surface area contributed by atoms with Gasteiger partial charge in [0.1, 0.15) is 5.56 Å². The minimum atomic E-state index is -1.39. The number of carboxylic acids is 1. The molecule has 1 unspecified atom stereocenters. The third-order valence-electron chi connectivity index (χ3n) is 5.89. The zero-order valence-electron chi connectivity index (χ0n) is 15.7. The molecule has 30 heavy (non-hydrogen) atoms. The summed E-state index contributed by atoms with van der Waals surface area (Å²) in [6.07, 6.45) is 4.59. The fourth-order valence-electron chi connectivity index (χ4n) is 4.23. The summed E-state index contributed by atoms with van der Waals surface area (Å²) >= 11 is 8.03. The number of hydrogen-bond acceptors (Lipinski definition) is 5. The number of nitrogen functional groups attached to an aromatic ring is 1. The molecule has 0 bridgehead atoms. The number of thiophene rings is 1. The van der Waals surface area contributed by atoms with E-state index in [4.69, 9.17) is 17.3 Å². The highest BCUT2D eigenvalue weighted by Crippen LogP contribution is 2.47. The summed E-state index contributed by atoms with van der Waals surface area (Å²) in [5.74, 6) is -2.24. The van der Waals surface area contributed by atoms with Crippen LogP contribution in [0.3, 0.4) is 0 Å². The molecule has 0 spiro atoms. The lowest BCUT2D eigenvalue weighted by Gasteiger charge is -2.17. The number of carbonyl (C=O) groups is 1. The van der Waals surface area contributed by atoms with E-state index >= 15 is 4.39 Å². The molecular weight excluding hydrogens is 431 g/mol.